The van der Waals surface area contributed by atoms with Crippen LogP contribution in [0.5, 0.6) is 5.75 Å². The van der Waals surface area contributed by atoms with Crippen LogP contribution < -0.4 is 15.0 Å². The monoisotopic (exact) mass is 566 g/mol. The number of urea groups is 1. The van der Waals surface area contributed by atoms with Crippen molar-refractivity contribution in [3.8, 4) is 22.8 Å². The number of para-hydroxylation sites is 1. The highest BCUT2D eigenvalue weighted by atomic mass is 32.2. The average molecular weight is 567 g/mol. The van der Waals surface area contributed by atoms with Gasteiger partial charge in [-0.3, -0.25) is 9.69 Å². The van der Waals surface area contributed by atoms with E-state index in [0.29, 0.717) is 27.9 Å². The van der Waals surface area contributed by atoms with Crippen LogP contribution in [0.15, 0.2) is 78.0 Å². The third-order valence-electron chi connectivity index (χ3n) is 5.85. The van der Waals surface area contributed by atoms with Crippen LogP contribution in [0.1, 0.15) is 11.1 Å². The molecule has 1 fully saturated rings. The number of carbonyl (C=O) groups is 2. The van der Waals surface area contributed by atoms with Crippen molar-refractivity contribution in [3.05, 3.63) is 84.2 Å². The largest absolute Gasteiger partial charge is 0.573 e. The number of carbonyl (C=O) groups excluding carboxylic acids is 2. The number of benzene rings is 3. The van der Waals surface area contributed by atoms with E-state index in [1.54, 1.807) is 24.3 Å². The zero-order valence-electron chi connectivity index (χ0n) is 21.1. The standard InChI is InChI=1S/C27H21F3N6O3S/c1-16-4-3-5-17(2)23(16)36-22(37)14-40-26(36)33-25(38)32-19-8-6-18(7-9-19)24-31-15-35(34-24)20-10-12-21(13-11-20)39-27(28,29)30/h3-13,15H,14H2,1-2H3,(H,32,38)/b33-26-. The Bertz CT molecular complexity index is 1580. The van der Waals surface area contributed by atoms with Crippen LogP contribution in [0.3, 0.4) is 0 Å². The van der Waals surface area contributed by atoms with Gasteiger partial charge in [0.15, 0.2) is 11.0 Å². The van der Waals surface area contributed by atoms with Gasteiger partial charge in [0.25, 0.3) is 0 Å². The second kappa shape index (κ2) is 10.8. The van der Waals surface area contributed by atoms with Crippen LogP contribution in [-0.4, -0.2) is 44.0 Å². The zero-order chi connectivity index (χ0) is 28.4. The molecule has 0 saturated carbocycles. The Morgan fingerprint density at radius 2 is 1.70 bits per heavy atom. The number of halogens is 3. The maximum Gasteiger partial charge on any atom is 0.573 e. The molecule has 3 amide bonds. The number of nitrogens with zero attached hydrogens (tertiary/aromatic N) is 5. The SMILES string of the molecule is Cc1cccc(C)c1N1C(=O)CS/C1=N\C(=O)Nc1ccc(-c2ncn(-c3ccc(OC(F)(F)F)cc3)n2)cc1. The second-order valence-electron chi connectivity index (χ2n) is 8.71. The van der Waals surface area contributed by atoms with Gasteiger partial charge in [0.2, 0.25) is 5.91 Å². The van der Waals surface area contributed by atoms with E-state index >= 15 is 0 Å². The molecule has 0 spiro atoms. The van der Waals surface area contributed by atoms with E-state index in [4.69, 9.17) is 0 Å². The van der Waals surface area contributed by atoms with Crippen molar-refractivity contribution in [2.75, 3.05) is 16.0 Å². The number of amidine groups is 1. The molecule has 13 heteroatoms. The molecular formula is C27H21F3N6O3S. The molecule has 1 aliphatic rings. The zero-order valence-corrected chi connectivity index (χ0v) is 22.0. The Labute approximate surface area is 230 Å². The van der Waals surface area contributed by atoms with E-state index in [9.17, 15) is 22.8 Å². The van der Waals surface area contributed by atoms with Gasteiger partial charge in [-0.15, -0.1) is 18.3 Å². The summed E-state index contributed by atoms with van der Waals surface area (Å²) in [6, 6.07) is 17.1. The first-order valence-electron chi connectivity index (χ1n) is 11.9. The normalized spacial score (nSPS) is 14.6. The molecule has 9 nitrogen and oxygen atoms in total. The summed E-state index contributed by atoms with van der Waals surface area (Å²) < 4.78 is 42.4. The van der Waals surface area contributed by atoms with Gasteiger partial charge in [-0.1, -0.05) is 30.0 Å². The van der Waals surface area contributed by atoms with Gasteiger partial charge in [0.05, 0.1) is 17.1 Å². The Morgan fingerprint density at radius 1 is 1.02 bits per heavy atom. The van der Waals surface area contributed by atoms with E-state index in [1.165, 1.54) is 51.9 Å². The Hall–Kier alpha value is -4.65. The summed E-state index contributed by atoms with van der Waals surface area (Å²) in [4.78, 5) is 35.2. The number of nitrogens with one attached hydrogen (secondary N) is 1. The minimum Gasteiger partial charge on any atom is -0.406 e. The van der Waals surface area contributed by atoms with Crippen LogP contribution in [-0.2, 0) is 4.79 Å². The first kappa shape index (κ1) is 26.9. The summed E-state index contributed by atoms with van der Waals surface area (Å²) in [7, 11) is 0. The molecule has 1 aromatic heterocycles. The van der Waals surface area contributed by atoms with Crippen molar-refractivity contribution in [2.24, 2.45) is 4.99 Å². The molecule has 0 bridgehead atoms. The van der Waals surface area contributed by atoms with Gasteiger partial charge >= 0.3 is 12.4 Å². The number of alkyl halides is 3. The van der Waals surface area contributed by atoms with Crippen molar-refractivity contribution in [3.63, 3.8) is 0 Å². The summed E-state index contributed by atoms with van der Waals surface area (Å²) >= 11 is 1.20. The lowest BCUT2D eigenvalue weighted by Crippen LogP contribution is -2.31. The van der Waals surface area contributed by atoms with Gasteiger partial charge in [-0.05, 0) is 73.5 Å². The number of thioether (sulfide) groups is 1. The highest BCUT2D eigenvalue weighted by Crippen LogP contribution is 2.32. The lowest BCUT2D eigenvalue weighted by molar-refractivity contribution is -0.274. The maximum absolute atomic E-state index is 12.7. The fourth-order valence-corrected chi connectivity index (χ4v) is 4.94. The molecule has 204 valence electrons. The molecule has 0 unspecified atom stereocenters. The number of aliphatic imine (C=N–C) groups is 1. The third-order valence-corrected chi connectivity index (χ3v) is 6.77. The van der Waals surface area contributed by atoms with Gasteiger partial charge in [-0.2, -0.15) is 4.99 Å². The molecule has 3 aromatic carbocycles. The summed E-state index contributed by atoms with van der Waals surface area (Å²) in [5.41, 5.74) is 4.16. The summed E-state index contributed by atoms with van der Waals surface area (Å²) in [6.45, 7) is 3.80. The van der Waals surface area contributed by atoms with Crippen LogP contribution in [0, 0.1) is 13.8 Å². The van der Waals surface area contributed by atoms with E-state index in [-0.39, 0.29) is 17.4 Å². The molecular weight excluding hydrogens is 545 g/mol. The maximum atomic E-state index is 12.7. The van der Waals surface area contributed by atoms with E-state index in [0.717, 1.165) is 16.8 Å². The third kappa shape index (κ3) is 5.99. The Morgan fingerprint density at radius 3 is 2.35 bits per heavy atom. The topological polar surface area (TPSA) is 102 Å². The number of anilines is 2. The molecule has 1 N–H and O–H groups in total. The Kier molecular flexibility index (Phi) is 7.30. The molecule has 1 saturated heterocycles. The lowest BCUT2D eigenvalue weighted by atomic mass is 10.1. The predicted molar refractivity (Wildman–Crippen MR) is 146 cm³/mol. The second-order valence-corrected chi connectivity index (χ2v) is 9.66. The molecule has 4 aromatic rings. The van der Waals surface area contributed by atoms with E-state index in [1.807, 2.05) is 32.0 Å². The fourth-order valence-electron chi connectivity index (χ4n) is 4.08. The number of amides is 3. The van der Waals surface area contributed by atoms with Crippen LogP contribution in [0.25, 0.3) is 17.1 Å². The molecule has 2 heterocycles. The molecule has 0 atom stereocenters. The number of rotatable bonds is 5. The van der Waals surface area contributed by atoms with E-state index < -0.39 is 12.4 Å². The summed E-state index contributed by atoms with van der Waals surface area (Å²) in [5.74, 6) is 0.0878. The first-order valence-corrected chi connectivity index (χ1v) is 12.9. The highest BCUT2D eigenvalue weighted by molar-refractivity contribution is 8.15. The van der Waals surface area contributed by atoms with Crippen LogP contribution in [0.4, 0.5) is 29.3 Å². The smallest absolute Gasteiger partial charge is 0.406 e. The van der Waals surface area contributed by atoms with Gasteiger partial charge in [-0.25, -0.2) is 14.5 Å². The van der Waals surface area contributed by atoms with Crippen molar-refractivity contribution >= 4 is 40.2 Å². The molecule has 5 rings (SSSR count). The first-order chi connectivity index (χ1) is 19.1. The highest BCUT2D eigenvalue weighted by Gasteiger charge is 2.32. The van der Waals surface area contributed by atoms with Gasteiger partial charge < -0.3 is 10.1 Å². The number of ether oxygens (including phenoxy) is 1. The number of aryl methyl sites for hydroxylation is 2. The number of hydrogen-bond donors (Lipinski definition) is 1. The van der Waals surface area contributed by atoms with Crippen molar-refractivity contribution in [1.82, 2.24) is 14.8 Å². The molecule has 0 radical (unpaired) electrons. The number of hydrogen-bond acceptors (Lipinski definition) is 6. The van der Waals surface area contributed by atoms with Crippen molar-refractivity contribution in [1.29, 1.82) is 0 Å². The van der Waals surface area contributed by atoms with Crippen LogP contribution in [0.2, 0.25) is 0 Å². The minimum absolute atomic E-state index is 0.143. The lowest BCUT2D eigenvalue weighted by Gasteiger charge is -2.20. The Balaban J connectivity index is 1.26. The quantitative estimate of drug-likeness (QED) is 0.313. The van der Waals surface area contributed by atoms with Crippen LogP contribution >= 0.6 is 11.8 Å². The molecule has 0 aliphatic carbocycles. The minimum atomic E-state index is -4.77. The average Bonchev–Trinajstić information content (AvgIpc) is 3.52. The van der Waals surface area contributed by atoms with Crippen molar-refractivity contribution in [2.45, 2.75) is 20.2 Å². The van der Waals surface area contributed by atoms with Gasteiger partial charge in [0, 0.05) is 11.3 Å². The van der Waals surface area contributed by atoms with E-state index in [2.05, 4.69) is 25.1 Å². The predicted octanol–water partition coefficient (Wildman–Crippen LogP) is 6.12. The number of aromatic nitrogens is 3. The van der Waals surface area contributed by atoms with Gasteiger partial charge in [0.1, 0.15) is 12.1 Å². The fraction of sp³-hybridized carbons (Fsp3) is 0.148. The summed E-state index contributed by atoms with van der Waals surface area (Å²) in [5, 5.41) is 7.38. The van der Waals surface area contributed by atoms with Crippen molar-refractivity contribution < 1.29 is 27.5 Å². The summed E-state index contributed by atoms with van der Waals surface area (Å²) in [6.07, 6.45) is -3.33. The molecule has 40 heavy (non-hydrogen) atoms. The molecule has 1 aliphatic heterocycles.